The Morgan fingerprint density at radius 2 is 1.93 bits per heavy atom. The molecule has 2 fully saturated rings. The molecule has 0 unspecified atom stereocenters. The van der Waals surface area contributed by atoms with E-state index in [1.165, 1.54) is 6.92 Å². The number of nitro groups is 1. The minimum atomic E-state index is -4.82. The van der Waals surface area contributed by atoms with E-state index in [9.17, 15) is 28.1 Å². The molecule has 12 heteroatoms. The maximum absolute atomic E-state index is 13.5. The average molecular weight is 445 g/mol. The number of fused-ring (bicyclic) bond motifs is 1. The Balaban J connectivity index is 1.82. The summed E-state index contributed by atoms with van der Waals surface area (Å²) in [7, 11) is 0. The van der Waals surface area contributed by atoms with E-state index in [1.807, 2.05) is 0 Å². The van der Waals surface area contributed by atoms with Gasteiger partial charge in [0.2, 0.25) is 0 Å². The van der Waals surface area contributed by atoms with E-state index >= 15 is 0 Å². The highest BCUT2D eigenvalue weighted by molar-refractivity contribution is 7.22. The van der Waals surface area contributed by atoms with Crippen molar-refractivity contribution < 1.29 is 27.6 Å². The van der Waals surface area contributed by atoms with E-state index in [-0.39, 0.29) is 16.3 Å². The van der Waals surface area contributed by atoms with Gasteiger partial charge >= 0.3 is 6.18 Å². The molecule has 4 rings (SSSR count). The fraction of sp³-hybridized carbons (Fsp3) is 0.556. The number of rotatable bonds is 3. The summed E-state index contributed by atoms with van der Waals surface area (Å²) in [6.45, 7) is 3.33. The molecule has 2 aliphatic heterocycles. The Morgan fingerprint density at radius 3 is 2.47 bits per heavy atom. The van der Waals surface area contributed by atoms with Crippen molar-refractivity contribution in [2.45, 2.75) is 38.1 Å². The Bertz CT molecular complexity index is 1060. The normalized spacial score (nSPS) is 19.0. The van der Waals surface area contributed by atoms with Gasteiger partial charge in [-0.1, -0.05) is 18.3 Å². The third-order valence-electron chi connectivity index (χ3n) is 5.43. The van der Waals surface area contributed by atoms with Crippen LogP contribution in [0.3, 0.4) is 0 Å². The molecule has 0 bridgehead atoms. The van der Waals surface area contributed by atoms with Gasteiger partial charge in [0.15, 0.2) is 10.9 Å². The molecule has 3 heterocycles. The summed E-state index contributed by atoms with van der Waals surface area (Å²) in [5.41, 5.74) is -3.19. The number of ether oxygens (including phenoxy) is 2. The molecule has 162 valence electrons. The first-order valence-corrected chi connectivity index (χ1v) is 10.2. The second kappa shape index (κ2) is 7.43. The van der Waals surface area contributed by atoms with Crippen LogP contribution in [0.4, 0.5) is 24.0 Å². The lowest BCUT2D eigenvalue weighted by Gasteiger charge is -2.37. The van der Waals surface area contributed by atoms with Gasteiger partial charge in [-0.15, -0.1) is 0 Å². The van der Waals surface area contributed by atoms with Gasteiger partial charge in [0.05, 0.1) is 29.1 Å². The maximum Gasteiger partial charge on any atom is 0.416 e. The summed E-state index contributed by atoms with van der Waals surface area (Å²) >= 11 is 0.867. The summed E-state index contributed by atoms with van der Waals surface area (Å²) in [5, 5.41) is 11.6. The Kier molecular flexibility index (Phi) is 5.19. The molecular weight excluding hydrogens is 427 g/mol. The van der Waals surface area contributed by atoms with Crippen LogP contribution < -0.4 is 10.5 Å². The van der Waals surface area contributed by atoms with Crippen LogP contribution in [0.15, 0.2) is 10.9 Å². The van der Waals surface area contributed by atoms with Crippen LogP contribution in [0.1, 0.15) is 30.9 Å². The van der Waals surface area contributed by atoms with Crippen molar-refractivity contribution in [1.82, 2.24) is 4.98 Å². The largest absolute Gasteiger partial charge is 0.416 e. The fourth-order valence-electron chi connectivity index (χ4n) is 3.98. The Hall–Kier alpha value is -2.31. The fourth-order valence-corrected chi connectivity index (χ4v) is 5.15. The number of hydrogen-bond donors (Lipinski definition) is 0. The molecule has 0 amide bonds. The number of aromatic nitrogens is 1. The zero-order valence-electron chi connectivity index (χ0n) is 16.0. The molecule has 2 aliphatic rings. The molecule has 30 heavy (non-hydrogen) atoms. The van der Waals surface area contributed by atoms with Crippen molar-refractivity contribution in [3.8, 4) is 0 Å². The summed E-state index contributed by atoms with van der Waals surface area (Å²) in [4.78, 5) is 29.2. The number of anilines is 1. The van der Waals surface area contributed by atoms with Crippen molar-refractivity contribution >= 4 is 32.2 Å². The first-order valence-electron chi connectivity index (χ1n) is 9.40. The van der Waals surface area contributed by atoms with E-state index < -0.39 is 44.6 Å². The zero-order valence-corrected chi connectivity index (χ0v) is 16.8. The number of halogens is 3. The summed E-state index contributed by atoms with van der Waals surface area (Å²) in [6.07, 6.45) is -3.95. The highest BCUT2D eigenvalue weighted by Crippen LogP contribution is 2.43. The number of nitrogens with zero attached hydrogens (tertiary/aromatic N) is 3. The smallest absolute Gasteiger partial charge is 0.348 e. The molecule has 0 saturated carbocycles. The van der Waals surface area contributed by atoms with Gasteiger partial charge in [0, 0.05) is 31.5 Å². The SMILES string of the molecule is CCc1c(C(F)(F)F)cc2c(=O)nc(N3CCC4(CC3)OCCO4)sc2c1[N+](=O)[O-]. The number of piperidine rings is 1. The van der Waals surface area contributed by atoms with Crippen molar-refractivity contribution in [2.24, 2.45) is 0 Å². The predicted octanol–water partition coefficient (Wildman–Crippen LogP) is 3.49. The second-order valence-corrected chi connectivity index (χ2v) is 8.11. The van der Waals surface area contributed by atoms with Crippen LogP contribution in [-0.4, -0.2) is 42.0 Å². The monoisotopic (exact) mass is 445 g/mol. The Morgan fingerprint density at radius 1 is 1.30 bits per heavy atom. The van der Waals surface area contributed by atoms with Gasteiger partial charge in [-0.3, -0.25) is 14.9 Å². The standard InChI is InChI=1S/C18H18F3N3O5S/c1-2-10-12(18(19,20)21)9-11-14(13(10)24(26)27)30-16(22-15(11)25)23-5-3-17(4-6-23)28-7-8-29-17/h9H,2-8H2,1H3. The lowest BCUT2D eigenvalue weighted by atomic mass is 10.0. The highest BCUT2D eigenvalue weighted by atomic mass is 32.1. The van der Waals surface area contributed by atoms with E-state index in [0.717, 1.165) is 11.3 Å². The zero-order chi connectivity index (χ0) is 21.7. The van der Waals surface area contributed by atoms with Crippen LogP contribution in [-0.2, 0) is 22.1 Å². The number of benzene rings is 1. The van der Waals surface area contributed by atoms with Crippen LogP contribution in [0, 0.1) is 10.1 Å². The van der Waals surface area contributed by atoms with Crippen molar-refractivity contribution in [3.63, 3.8) is 0 Å². The van der Waals surface area contributed by atoms with Crippen LogP contribution in [0.5, 0.6) is 0 Å². The molecule has 0 aliphatic carbocycles. The summed E-state index contributed by atoms with van der Waals surface area (Å²) in [5.74, 6) is -0.651. The molecule has 0 atom stereocenters. The number of nitro benzene ring substituents is 1. The molecular formula is C18H18F3N3O5S. The average Bonchev–Trinajstić information content (AvgIpc) is 3.14. The third kappa shape index (κ3) is 3.52. The van der Waals surface area contributed by atoms with E-state index in [0.29, 0.717) is 45.2 Å². The lowest BCUT2D eigenvalue weighted by molar-refractivity contribution is -0.383. The second-order valence-electron chi connectivity index (χ2n) is 7.13. The molecule has 1 spiro atoms. The van der Waals surface area contributed by atoms with Gasteiger partial charge in [0.25, 0.3) is 11.2 Å². The quantitative estimate of drug-likeness (QED) is 0.527. The van der Waals surface area contributed by atoms with E-state index in [4.69, 9.17) is 9.47 Å². The molecule has 1 aromatic carbocycles. The predicted molar refractivity (Wildman–Crippen MR) is 103 cm³/mol. The summed E-state index contributed by atoms with van der Waals surface area (Å²) in [6, 6.07) is 0.683. The van der Waals surface area contributed by atoms with E-state index in [2.05, 4.69) is 4.98 Å². The van der Waals surface area contributed by atoms with Crippen LogP contribution in [0.2, 0.25) is 0 Å². The molecule has 8 nitrogen and oxygen atoms in total. The van der Waals surface area contributed by atoms with Gasteiger partial charge in [-0.2, -0.15) is 18.2 Å². The van der Waals surface area contributed by atoms with Crippen LogP contribution >= 0.6 is 11.3 Å². The Labute approximate surface area is 172 Å². The molecule has 0 N–H and O–H groups in total. The summed E-state index contributed by atoms with van der Waals surface area (Å²) < 4.78 is 51.7. The molecule has 1 aromatic heterocycles. The topological polar surface area (TPSA) is 94.8 Å². The third-order valence-corrected chi connectivity index (χ3v) is 6.58. The molecule has 0 radical (unpaired) electrons. The lowest BCUT2D eigenvalue weighted by Crippen LogP contribution is -2.45. The number of hydrogen-bond acceptors (Lipinski definition) is 8. The molecule has 2 saturated heterocycles. The van der Waals surface area contributed by atoms with Crippen molar-refractivity contribution in [2.75, 3.05) is 31.2 Å². The first kappa shape index (κ1) is 20.9. The van der Waals surface area contributed by atoms with Gasteiger partial charge in [-0.25, -0.2) is 0 Å². The van der Waals surface area contributed by atoms with Crippen molar-refractivity contribution in [3.05, 3.63) is 37.7 Å². The highest BCUT2D eigenvalue weighted by Gasteiger charge is 2.41. The van der Waals surface area contributed by atoms with Gasteiger partial charge < -0.3 is 14.4 Å². The van der Waals surface area contributed by atoms with Gasteiger partial charge in [0.1, 0.15) is 4.70 Å². The number of alkyl halides is 3. The minimum absolute atomic E-state index is 0.0893. The minimum Gasteiger partial charge on any atom is -0.348 e. The molecule has 2 aromatic rings. The first-order chi connectivity index (χ1) is 14.1. The van der Waals surface area contributed by atoms with Crippen LogP contribution in [0.25, 0.3) is 10.1 Å². The van der Waals surface area contributed by atoms with Gasteiger partial charge in [-0.05, 0) is 12.5 Å². The van der Waals surface area contributed by atoms with Crippen molar-refractivity contribution in [1.29, 1.82) is 0 Å². The maximum atomic E-state index is 13.5. The van der Waals surface area contributed by atoms with E-state index in [1.54, 1.807) is 4.90 Å².